The molecule has 3 nitrogen and oxygen atoms in total. The number of halogens is 1. The molecule has 0 spiro atoms. The molecule has 0 radical (unpaired) electrons. The summed E-state index contributed by atoms with van der Waals surface area (Å²) in [5, 5.41) is 0. The number of carbonyl (C=O) groups excluding carboxylic acids is 1. The zero-order chi connectivity index (χ0) is 12.0. The topological polar surface area (TPSA) is 52.3 Å². The zero-order valence-electron chi connectivity index (χ0n) is 9.33. The van der Waals surface area contributed by atoms with Crippen molar-refractivity contribution in [2.24, 2.45) is 0 Å². The van der Waals surface area contributed by atoms with Crippen molar-refractivity contribution in [3.8, 4) is 0 Å². The van der Waals surface area contributed by atoms with Crippen LogP contribution in [0.4, 0.5) is 10.1 Å². The molecule has 0 aliphatic carbocycles. The molecule has 2 N–H and O–H groups in total. The van der Waals surface area contributed by atoms with Gasteiger partial charge in [-0.05, 0) is 37.5 Å². The summed E-state index contributed by atoms with van der Waals surface area (Å²) < 4.78 is 18.1. The van der Waals surface area contributed by atoms with Gasteiger partial charge in [0.25, 0.3) is 0 Å². The van der Waals surface area contributed by atoms with Gasteiger partial charge in [0.1, 0.15) is 5.82 Å². The minimum absolute atomic E-state index is 0.238. The summed E-state index contributed by atoms with van der Waals surface area (Å²) in [5.74, 6) is -0.554. The lowest BCUT2D eigenvalue weighted by Crippen LogP contribution is -2.04. The van der Waals surface area contributed by atoms with E-state index in [4.69, 9.17) is 10.5 Å². The van der Waals surface area contributed by atoms with Crippen LogP contribution in [0, 0.1) is 5.82 Å². The van der Waals surface area contributed by atoms with Gasteiger partial charge in [-0.15, -0.1) is 0 Å². The fourth-order valence-electron chi connectivity index (χ4n) is 1.42. The molecule has 16 heavy (non-hydrogen) atoms. The molecule has 0 atom stereocenters. The van der Waals surface area contributed by atoms with Crippen molar-refractivity contribution in [3.05, 3.63) is 29.6 Å². The summed E-state index contributed by atoms with van der Waals surface area (Å²) in [5.41, 5.74) is 6.42. The predicted molar refractivity (Wildman–Crippen MR) is 60.4 cm³/mol. The maximum atomic E-state index is 13.3. The fraction of sp³-hybridized carbons (Fsp3) is 0.417. The van der Waals surface area contributed by atoms with Crippen LogP contribution >= 0.6 is 0 Å². The van der Waals surface area contributed by atoms with Crippen LogP contribution in [0.15, 0.2) is 18.2 Å². The highest BCUT2D eigenvalue weighted by Crippen LogP contribution is 2.14. The van der Waals surface area contributed by atoms with Crippen LogP contribution in [0.2, 0.25) is 0 Å². The van der Waals surface area contributed by atoms with E-state index in [0.717, 1.165) is 0 Å². The SMILES string of the molecule is CCOC(=O)CCCc1ccc(N)cc1F. The average Bonchev–Trinajstić information content (AvgIpc) is 2.22. The number of hydrogen-bond donors (Lipinski definition) is 1. The molecule has 88 valence electrons. The molecule has 1 rings (SSSR count). The van der Waals surface area contributed by atoms with E-state index in [1.807, 2.05) is 0 Å². The molecular formula is C12H16FNO2. The van der Waals surface area contributed by atoms with Crippen molar-refractivity contribution in [3.63, 3.8) is 0 Å². The van der Waals surface area contributed by atoms with Crippen LogP contribution in [0.5, 0.6) is 0 Å². The highest BCUT2D eigenvalue weighted by atomic mass is 19.1. The smallest absolute Gasteiger partial charge is 0.305 e. The van der Waals surface area contributed by atoms with Crippen molar-refractivity contribution >= 4 is 11.7 Å². The summed E-state index contributed by atoms with van der Waals surface area (Å²) in [4.78, 5) is 11.0. The summed E-state index contributed by atoms with van der Waals surface area (Å²) in [6.07, 6.45) is 1.42. The second-order valence-electron chi connectivity index (χ2n) is 3.51. The van der Waals surface area contributed by atoms with Gasteiger partial charge in [0.2, 0.25) is 0 Å². The van der Waals surface area contributed by atoms with Crippen LogP contribution in [0.25, 0.3) is 0 Å². The lowest BCUT2D eigenvalue weighted by Gasteiger charge is -2.04. The van der Waals surface area contributed by atoms with Gasteiger partial charge in [-0.3, -0.25) is 4.79 Å². The Kier molecular flexibility index (Phi) is 4.76. The Morgan fingerprint density at radius 3 is 2.88 bits per heavy atom. The van der Waals surface area contributed by atoms with E-state index >= 15 is 0 Å². The Bertz CT molecular complexity index is 366. The van der Waals surface area contributed by atoms with E-state index in [1.54, 1.807) is 19.1 Å². The van der Waals surface area contributed by atoms with E-state index in [2.05, 4.69) is 0 Å². The number of benzene rings is 1. The molecule has 0 saturated carbocycles. The van der Waals surface area contributed by atoms with Crippen molar-refractivity contribution in [2.75, 3.05) is 12.3 Å². The third-order valence-electron chi connectivity index (χ3n) is 2.21. The molecule has 0 aromatic heterocycles. The first-order chi connectivity index (χ1) is 7.63. The number of rotatable bonds is 5. The van der Waals surface area contributed by atoms with Crippen molar-refractivity contribution in [1.82, 2.24) is 0 Å². The van der Waals surface area contributed by atoms with E-state index in [0.29, 0.717) is 37.1 Å². The number of nitrogens with two attached hydrogens (primary N) is 1. The van der Waals surface area contributed by atoms with Gasteiger partial charge in [0, 0.05) is 12.1 Å². The molecule has 0 unspecified atom stereocenters. The molecule has 1 aromatic carbocycles. The number of nitrogen functional groups attached to an aromatic ring is 1. The molecule has 0 heterocycles. The van der Waals surface area contributed by atoms with Crippen molar-refractivity contribution in [2.45, 2.75) is 26.2 Å². The van der Waals surface area contributed by atoms with E-state index in [1.165, 1.54) is 6.07 Å². The van der Waals surface area contributed by atoms with Gasteiger partial charge in [-0.2, -0.15) is 0 Å². The number of aryl methyl sites for hydroxylation is 1. The Hall–Kier alpha value is -1.58. The molecule has 1 aromatic rings. The van der Waals surface area contributed by atoms with Gasteiger partial charge in [0.05, 0.1) is 6.61 Å². The summed E-state index contributed by atoms with van der Waals surface area (Å²) in [6.45, 7) is 2.15. The number of anilines is 1. The van der Waals surface area contributed by atoms with Crippen LogP contribution in [-0.2, 0) is 16.0 Å². The van der Waals surface area contributed by atoms with Crippen LogP contribution < -0.4 is 5.73 Å². The summed E-state index contributed by atoms with van der Waals surface area (Å²) in [6, 6.07) is 4.60. The fourth-order valence-corrected chi connectivity index (χ4v) is 1.42. The lowest BCUT2D eigenvalue weighted by atomic mass is 10.1. The van der Waals surface area contributed by atoms with Gasteiger partial charge >= 0.3 is 5.97 Å². The lowest BCUT2D eigenvalue weighted by molar-refractivity contribution is -0.143. The van der Waals surface area contributed by atoms with Crippen molar-refractivity contribution in [1.29, 1.82) is 0 Å². The Morgan fingerprint density at radius 2 is 2.25 bits per heavy atom. The van der Waals surface area contributed by atoms with Crippen LogP contribution in [-0.4, -0.2) is 12.6 Å². The molecule has 4 heteroatoms. The minimum Gasteiger partial charge on any atom is -0.466 e. The van der Waals surface area contributed by atoms with Gasteiger partial charge in [0.15, 0.2) is 0 Å². The normalized spacial score (nSPS) is 10.1. The molecule has 0 fully saturated rings. The predicted octanol–water partition coefficient (Wildman–Crippen LogP) is 2.29. The van der Waals surface area contributed by atoms with Gasteiger partial charge in [-0.1, -0.05) is 6.07 Å². The first-order valence-electron chi connectivity index (χ1n) is 5.33. The Balaban J connectivity index is 2.40. The van der Waals surface area contributed by atoms with Gasteiger partial charge < -0.3 is 10.5 Å². The van der Waals surface area contributed by atoms with E-state index in [-0.39, 0.29) is 11.8 Å². The second-order valence-corrected chi connectivity index (χ2v) is 3.51. The third-order valence-corrected chi connectivity index (χ3v) is 2.21. The van der Waals surface area contributed by atoms with Gasteiger partial charge in [-0.25, -0.2) is 4.39 Å². The zero-order valence-corrected chi connectivity index (χ0v) is 9.33. The average molecular weight is 225 g/mol. The number of carbonyl (C=O) groups is 1. The molecule has 0 amide bonds. The maximum Gasteiger partial charge on any atom is 0.305 e. The van der Waals surface area contributed by atoms with Crippen molar-refractivity contribution < 1.29 is 13.9 Å². The molecule has 0 aliphatic rings. The number of hydrogen-bond acceptors (Lipinski definition) is 3. The minimum atomic E-state index is -0.316. The van der Waals surface area contributed by atoms with E-state index < -0.39 is 0 Å². The van der Waals surface area contributed by atoms with Crippen LogP contribution in [0.1, 0.15) is 25.3 Å². The second kappa shape index (κ2) is 6.10. The number of esters is 1. The largest absolute Gasteiger partial charge is 0.466 e. The monoisotopic (exact) mass is 225 g/mol. The standard InChI is InChI=1S/C12H16FNO2/c1-2-16-12(15)5-3-4-9-6-7-10(14)8-11(9)13/h6-8H,2-5,14H2,1H3. The van der Waals surface area contributed by atoms with E-state index in [9.17, 15) is 9.18 Å². The summed E-state index contributed by atoms with van der Waals surface area (Å²) >= 11 is 0. The first kappa shape index (κ1) is 12.5. The first-order valence-corrected chi connectivity index (χ1v) is 5.33. The molecular weight excluding hydrogens is 209 g/mol. The summed E-state index contributed by atoms with van der Waals surface area (Å²) in [7, 11) is 0. The molecule has 0 bridgehead atoms. The van der Waals surface area contributed by atoms with Crippen LogP contribution in [0.3, 0.4) is 0 Å². The highest BCUT2D eigenvalue weighted by Gasteiger charge is 2.05. The molecule has 0 saturated heterocycles. The molecule has 0 aliphatic heterocycles. The maximum absolute atomic E-state index is 13.3. The quantitative estimate of drug-likeness (QED) is 0.618. The Labute approximate surface area is 94.4 Å². The highest BCUT2D eigenvalue weighted by molar-refractivity contribution is 5.69. The Morgan fingerprint density at radius 1 is 1.50 bits per heavy atom. The third kappa shape index (κ3) is 3.88. The number of ether oxygens (including phenoxy) is 1.